The summed E-state index contributed by atoms with van der Waals surface area (Å²) < 4.78 is 40.1. The van der Waals surface area contributed by atoms with Crippen molar-refractivity contribution in [3.05, 3.63) is 48.5 Å². The van der Waals surface area contributed by atoms with E-state index in [0.717, 1.165) is 0 Å². The average molecular weight is 254 g/mol. The van der Waals surface area contributed by atoms with E-state index in [9.17, 15) is 13.2 Å². The van der Waals surface area contributed by atoms with Gasteiger partial charge < -0.3 is 9.84 Å². The molecule has 94 valence electrons. The van der Waals surface area contributed by atoms with E-state index in [-0.39, 0.29) is 11.5 Å². The minimum absolute atomic E-state index is 0.0986. The fourth-order valence-electron chi connectivity index (χ4n) is 1.53. The number of rotatable bonds is 2. The Morgan fingerprint density at radius 1 is 0.889 bits per heavy atom. The molecule has 1 N–H and O–H groups in total. The SMILES string of the molecule is Oc1ccc(-c2cccc(OC(F)(F)F)c2)cc1. The van der Waals surface area contributed by atoms with Gasteiger partial charge in [0.1, 0.15) is 11.5 Å². The van der Waals surface area contributed by atoms with E-state index < -0.39 is 6.36 Å². The lowest BCUT2D eigenvalue weighted by atomic mass is 10.1. The number of phenols is 1. The maximum atomic E-state index is 12.1. The number of ether oxygens (including phenoxy) is 1. The predicted octanol–water partition coefficient (Wildman–Crippen LogP) is 3.96. The molecule has 0 bridgehead atoms. The summed E-state index contributed by atoms with van der Waals surface area (Å²) in [7, 11) is 0. The van der Waals surface area contributed by atoms with Gasteiger partial charge >= 0.3 is 6.36 Å². The molecule has 18 heavy (non-hydrogen) atoms. The highest BCUT2D eigenvalue weighted by Crippen LogP contribution is 2.28. The summed E-state index contributed by atoms with van der Waals surface area (Å²) in [5.41, 5.74) is 1.28. The lowest BCUT2D eigenvalue weighted by Crippen LogP contribution is -2.17. The minimum atomic E-state index is -4.70. The third kappa shape index (κ3) is 3.16. The molecule has 0 atom stereocenters. The Hall–Kier alpha value is -2.17. The number of hydrogen-bond donors (Lipinski definition) is 1. The van der Waals surface area contributed by atoms with Gasteiger partial charge in [0.05, 0.1) is 0 Å². The first kappa shape index (κ1) is 12.3. The Labute approximate surface area is 101 Å². The molecule has 0 aromatic heterocycles. The molecule has 0 fully saturated rings. The Morgan fingerprint density at radius 3 is 2.17 bits per heavy atom. The zero-order valence-corrected chi connectivity index (χ0v) is 9.11. The molecule has 0 unspecified atom stereocenters. The summed E-state index contributed by atoms with van der Waals surface area (Å²) in [5.74, 6) is -0.172. The molecule has 0 aliphatic heterocycles. The predicted molar refractivity (Wildman–Crippen MR) is 60.2 cm³/mol. The standard InChI is InChI=1S/C13H9F3O2/c14-13(15,16)18-12-3-1-2-10(8-12)9-4-6-11(17)7-5-9/h1-8,17H. The fourth-order valence-corrected chi connectivity index (χ4v) is 1.53. The molecule has 0 radical (unpaired) electrons. The highest BCUT2D eigenvalue weighted by molar-refractivity contribution is 5.65. The van der Waals surface area contributed by atoms with Crippen LogP contribution in [0.2, 0.25) is 0 Å². The monoisotopic (exact) mass is 254 g/mol. The van der Waals surface area contributed by atoms with Crippen molar-refractivity contribution in [3.8, 4) is 22.6 Å². The normalized spacial score (nSPS) is 11.3. The van der Waals surface area contributed by atoms with Crippen molar-refractivity contribution in [1.82, 2.24) is 0 Å². The molecule has 0 amide bonds. The van der Waals surface area contributed by atoms with Crippen molar-refractivity contribution in [2.24, 2.45) is 0 Å². The molecule has 0 heterocycles. The van der Waals surface area contributed by atoms with Gasteiger partial charge in [-0.1, -0.05) is 24.3 Å². The molecule has 0 saturated heterocycles. The lowest BCUT2D eigenvalue weighted by Gasteiger charge is -2.10. The first-order valence-electron chi connectivity index (χ1n) is 5.09. The molecule has 0 saturated carbocycles. The van der Waals surface area contributed by atoms with Gasteiger partial charge in [-0.2, -0.15) is 0 Å². The number of aromatic hydroxyl groups is 1. The van der Waals surface area contributed by atoms with Crippen LogP contribution in [-0.4, -0.2) is 11.5 Å². The van der Waals surface area contributed by atoms with Crippen LogP contribution in [0.5, 0.6) is 11.5 Å². The maximum Gasteiger partial charge on any atom is 0.573 e. The first-order valence-corrected chi connectivity index (χ1v) is 5.09. The zero-order valence-electron chi connectivity index (χ0n) is 9.11. The largest absolute Gasteiger partial charge is 0.573 e. The summed E-state index contributed by atoms with van der Waals surface area (Å²) in [4.78, 5) is 0. The zero-order chi connectivity index (χ0) is 13.2. The first-order chi connectivity index (χ1) is 8.44. The molecule has 2 nitrogen and oxygen atoms in total. The van der Waals surface area contributed by atoms with Gasteiger partial charge in [0.25, 0.3) is 0 Å². The lowest BCUT2D eigenvalue weighted by molar-refractivity contribution is -0.274. The van der Waals surface area contributed by atoms with E-state index in [0.29, 0.717) is 11.1 Å². The van der Waals surface area contributed by atoms with E-state index in [1.807, 2.05) is 0 Å². The summed E-state index contributed by atoms with van der Waals surface area (Å²) in [5, 5.41) is 9.14. The third-order valence-electron chi connectivity index (χ3n) is 2.27. The number of benzene rings is 2. The highest BCUT2D eigenvalue weighted by atomic mass is 19.4. The molecule has 2 aromatic rings. The maximum absolute atomic E-state index is 12.1. The topological polar surface area (TPSA) is 29.5 Å². The van der Waals surface area contributed by atoms with Gasteiger partial charge in [-0.05, 0) is 35.4 Å². The second kappa shape index (κ2) is 4.60. The minimum Gasteiger partial charge on any atom is -0.508 e. The van der Waals surface area contributed by atoms with Crippen LogP contribution in [0.1, 0.15) is 0 Å². The van der Waals surface area contributed by atoms with E-state index >= 15 is 0 Å². The summed E-state index contributed by atoms with van der Waals surface area (Å²) in [6.07, 6.45) is -4.70. The van der Waals surface area contributed by atoms with Gasteiger partial charge in [-0.15, -0.1) is 13.2 Å². The molecular weight excluding hydrogens is 245 g/mol. The van der Waals surface area contributed by atoms with Crippen LogP contribution in [0, 0.1) is 0 Å². The smallest absolute Gasteiger partial charge is 0.508 e. The van der Waals surface area contributed by atoms with Gasteiger partial charge in [-0.3, -0.25) is 0 Å². The summed E-state index contributed by atoms with van der Waals surface area (Å²) >= 11 is 0. The van der Waals surface area contributed by atoms with Crippen LogP contribution < -0.4 is 4.74 Å². The van der Waals surface area contributed by atoms with E-state index in [4.69, 9.17) is 5.11 Å². The molecule has 2 rings (SSSR count). The Morgan fingerprint density at radius 2 is 1.56 bits per heavy atom. The molecule has 2 aromatic carbocycles. The highest BCUT2D eigenvalue weighted by Gasteiger charge is 2.31. The van der Waals surface area contributed by atoms with E-state index in [2.05, 4.69) is 4.74 Å². The van der Waals surface area contributed by atoms with E-state index in [1.54, 1.807) is 18.2 Å². The molecule has 0 spiro atoms. The van der Waals surface area contributed by atoms with Crippen LogP contribution in [0.3, 0.4) is 0 Å². The van der Waals surface area contributed by atoms with Gasteiger partial charge in [0, 0.05) is 0 Å². The number of phenolic OH excluding ortho intramolecular Hbond substituents is 1. The Kier molecular flexibility index (Phi) is 3.14. The van der Waals surface area contributed by atoms with Crippen molar-refractivity contribution in [3.63, 3.8) is 0 Å². The molecule has 0 aliphatic carbocycles. The number of hydrogen-bond acceptors (Lipinski definition) is 2. The van der Waals surface area contributed by atoms with E-state index in [1.165, 1.54) is 30.3 Å². The van der Waals surface area contributed by atoms with Gasteiger partial charge in [-0.25, -0.2) is 0 Å². The quantitative estimate of drug-likeness (QED) is 0.879. The summed E-state index contributed by atoms with van der Waals surface area (Å²) in [6.45, 7) is 0. The summed E-state index contributed by atoms with van der Waals surface area (Å²) in [6, 6.07) is 11.8. The van der Waals surface area contributed by atoms with Crippen molar-refractivity contribution in [2.45, 2.75) is 6.36 Å². The molecular formula is C13H9F3O2. The van der Waals surface area contributed by atoms with Crippen molar-refractivity contribution < 1.29 is 23.0 Å². The number of halogens is 3. The second-order valence-electron chi connectivity index (χ2n) is 3.62. The van der Waals surface area contributed by atoms with Crippen molar-refractivity contribution >= 4 is 0 Å². The van der Waals surface area contributed by atoms with Crippen molar-refractivity contribution in [1.29, 1.82) is 0 Å². The fraction of sp³-hybridized carbons (Fsp3) is 0.0769. The van der Waals surface area contributed by atoms with Gasteiger partial charge in [0.2, 0.25) is 0 Å². The Bertz CT molecular complexity index is 533. The number of alkyl halides is 3. The van der Waals surface area contributed by atoms with Crippen LogP contribution >= 0.6 is 0 Å². The molecule has 5 heteroatoms. The van der Waals surface area contributed by atoms with Crippen LogP contribution in [-0.2, 0) is 0 Å². The third-order valence-corrected chi connectivity index (χ3v) is 2.27. The van der Waals surface area contributed by atoms with Crippen LogP contribution in [0.25, 0.3) is 11.1 Å². The molecule has 0 aliphatic rings. The van der Waals surface area contributed by atoms with Crippen LogP contribution in [0.15, 0.2) is 48.5 Å². The Balaban J connectivity index is 2.29. The second-order valence-corrected chi connectivity index (χ2v) is 3.62. The van der Waals surface area contributed by atoms with Crippen LogP contribution in [0.4, 0.5) is 13.2 Å². The van der Waals surface area contributed by atoms with Gasteiger partial charge in [0.15, 0.2) is 0 Å². The van der Waals surface area contributed by atoms with Crippen molar-refractivity contribution in [2.75, 3.05) is 0 Å². The average Bonchev–Trinajstić information content (AvgIpc) is 2.28.